The van der Waals surface area contributed by atoms with E-state index in [1.54, 1.807) is 6.07 Å². The zero-order valence-electron chi connectivity index (χ0n) is 13.6. The summed E-state index contributed by atoms with van der Waals surface area (Å²) in [7, 11) is 1.53. The molecule has 1 aromatic rings. The molecule has 2 heterocycles. The van der Waals surface area contributed by atoms with Crippen molar-refractivity contribution in [3.05, 3.63) is 23.2 Å². The molecule has 0 bridgehead atoms. The van der Waals surface area contributed by atoms with Gasteiger partial charge in [0.2, 0.25) is 5.91 Å². The molecule has 2 atom stereocenters. The predicted molar refractivity (Wildman–Crippen MR) is 82.1 cm³/mol. The first-order valence-corrected chi connectivity index (χ1v) is 7.73. The van der Waals surface area contributed by atoms with Gasteiger partial charge in [0.05, 0.1) is 5.92 Å². The van der Waals surface area contributed by atoms with Gasteiger partial charge >= 0.3 is 5.97 Å². The van der Waals surface area contributed by atoms with Gasteiger partial charge in [-0.3, -0.25) is 9.59 Å². The van der Waals surface area contributed by atoms with E-state index in [-0.39, 0.29) is 24.6 Å². The summed E-state index contributed by atoms with van der Waals surface area (Å²) in [5.41, 5.74) is 0.864. The van der Waals surface area contributed by atoms with Crippen LogP contribution >= 0.6 is 0 Å². The molecule has 126 valence electrons. The third kappa shape index (κ3) is 3.38. The van der Waals surface area contributed by atoms with Crippen molar-refractivity contribution in [3.63, 3.8) is 0 Å². The van der Waals surface area contributed by atoms with Gasteiger partial charge in [-0.05, 0) is 31.4 Å². The van der Waals surface area contributed by atoms with Crippen molar-refractivity contribution in [2.75, 3.05) is 13.6 Å². The molecule has 1 aromatic heterocycles. The minimum Gasteiger partial charge on any atom is -0.480 e. The molecule has 7 nitrogen and oxygen atoms in total. The zero-order valence-corrected chi connectivity index (χ0v) is 13.6. The first-order chi connectivity index (χ1) is 10.9. The number of amides is 2. The van der Waals surface area contributed by atoms with Crippen LogP contribution in [0.5, 0.6) is 0 Å². The average molecular weight is 322 g/mol. The maximum Gasteiger partial charge on any atom is 0.326 e. The fourth-order valence-electron chi connectivity index (χ4n) is 2.99. The lowest BCUT2D eigenvalue weighted by Crippen LogP contribution is -2.53. The number of rotatable bonds is 4. The maximum absolute atomic E-state index is 12.7. The highest BCUT2D eigenvalue weighted by Crippen LogP contribution is 2.26. The summed E-state index contributed by atoms with van der Waals surface area (Å²) in [6.07, 6.45) is 1.35. The van der Waals surface area contributed by atoms with Crippen LogP contribution in [-0.4, -0.2) is 47.4 Å². The largest absolute Gasteiger partial charge is 0.480 e. The van der Waals surface area contributed by atoms with Crippen molar-refractivity contribution in [2.24, 2.45) is 5.92 Å². The molecular formula is C16H22N2O5. The SMILES string of the molecule is CCc1oc(C(=O)N2C[C@@H](C(=O)NC)CC[C@H]2C(=O)O)cc1C. The standard InChI is InChI=1S/C16H22N2O5/c1-4-12-9(2)7-13(23-12)15(20)18-8-10(14(19)17-3)5-6-11(18)16(21)22/h7,10-11H,4-6,8H2,1-3H3,(H,17,19)(H,21,22)/t10-,11-/m0/s1. The molecule has 7 heteroatoms. The average Bonchev–Trinajstić information content (AvgIpc) is 2.93. The monoisotopic (exact) mass is 322 g/mol. The second kappa shape index (κ2) is 6.85. The normalized spacial score (nSPS) is 21.1. The van der Waals surface area contributed by atoms with E-state index in [0.717, 1.165) is 5.56 Å². The van der Waals surface area contributed by atoms with Crippen LogP contribution in [0.2, 0.25) is 0 Å². The lowest BCUT2D eigenvalue weighted by molar-refractivity contribution is -0.145. The van der Waals surface area contributed by atoms with Gasteiger partial charge in [-0.2, -0.15) is 0 Å². The van der Waals surface area contributed by atoms with E-state index in [1.807, 2.05) is 13.8 Å². The van der Waals surface area contributed by atoms with Crippen LogP contribution in [0.1, 0.15) is 41.6 Å². The Morgan fingerprint density at radius 2 is 2.09 bits per heavy atom. The van der Waals surface area contributed by atoms with Gasteiger partial charge in [0.1, 0.15) is 11.8 Å². The smallest absolute Gasteiger partial charge is 0.326 e. The molecule has 23 heavy (non-hydrogen) atoms. The van der Waals surface area contributed by atoms with E-state index >= 15 is 0 Å². The number of carbonyl (C=O) groups excluding carboxylic acids is 2. The maximum atomic E-state index is 12.7. The van der Waals surface area contributed by atoms with Crippen LogP contribution < -0.4 is 5.32 Å². The summed E-state index contributed by atoms with van der Waals surface area (Å²) >= 11 is 0. The highest BCUT2D eigenvalue weighted by molar-refractivity contribution is 5.95. The summed E-state index contributed by atoms with van der Waals surface area (Å²) in [4.78, 5) is 37.2. The fraction of sp³-hybridized carbons (Fsp3) is 0.562. The minimum atomic E-state index is -1.06. The molecular weight excluding hydrogens is 300 g/mol. The Balaban J connectivity index is 2.27. The van der Waals surface area contributed by atoms with Crippen molar-refractivity contribution < 1.29 is 23.9 Å². The highest BCUT2D eigenvalue weighted by Gasteiger charge is 2.39. The van der Waals surface area contributed by atoms with E-state index in [2.05, 4.69) is 5.32 Å². The molecule has 2 rings (SSSR count). The Kier molecular flexibility index (Phi) is 5.08. The number of hydrogen-bond acceptors (Lipinski definition) is 4. The number of nitrogens with one attached hydrogen (secondary N) is 1. The molecule has 0 radical (unpaired) electrons. The van der Waals surface area contributed by atoms with Gasteiger partial charge in [-0.1, -0.05) is 6.92 Å². The van der Waals surface area contributed by atoms with Gasteiger partial charge in [-0.15, -0.1) is 0 Å². The summed E-state index contributed by atoms with van der Waals surface area (Å²) in [5, 5.41) is 11.9. The minimum absolute atomic E-state index is 0.0800. The van der Waals surface area contributed by atoms with Crippen molar-refractivity contribution in [1.29, 1.82) is 0 Å². The first kappa shape index (κ1) is 17.1. The quantitative estimate of drug-likeness (QED) is 0.867. The van der Waals surface area contributed by atoms with Crippen molar-refractivity contribution >= 4 is 17.8 Å². The Morgan fingerprint density at radius 1 is 1.39 bits per heavy atom. The van der Waals surface area contributed by atoms with Crippen LogP contribution in [-0.2, 0) is 16.0 Å². The Labute approximate surface area is 134 Å². The second-order valence-electron chi connectivity index (χ2n) is 5.77. The summed E-state index contributed by atoms with van der Waals surface area (Å²) in [6, 6.07) is 0.697. The van der Waals surface area contributed by atoms with Crippen LogP contribution in [0, 0.1) is 12.8 Å². The number of aliphatic carboxylic acids is 1. The molecule has 2 amide bonds. The van der Waals surface area contributed by atoms with E-state index in [0.29, 0.717) is 18.6 Å². The molecule has 0 aliphatic carbocycles. The number of carboxylic acid groups (broad SMARTS) is 1. The lowest BCUT2D eigenvalue weighted by atomic mass is 9.91. The molecule has 1 saturated heterocycles. The number of furan rings is 1. The van der Waals surface area contributed by atoms with Crippen LogP contribution in [0.3, 0.4) is 0 Å². The van der Waals surface area contributed by atoms with Gasteiger partial charge < -0.3 is 19.7 Å². The van der Waals surface area contributed by atoms with Gasteiger partial charge in [0.15, 0.2) is 5.76 Å². The van der Waals surface area contributed by atoms with Gasteiger partial charge in [0, 0.05) is 20.0 Å². The molecule has 0 saturated carbocycles. The summed E-state index contributed by atoms with van der Waals surface area (Å²) in [6.45, 7) is 3.84. The molecule has 0 spiro atoms. The topological polar surface area (TPSA) is 99.9 Å². The first-order valence-electron chi connectivity index (χ1n) is 7.73. The van der Waals surface area contributed by atoms with E-state index in [4.69, 9.17) is 4.42 Å². The highest BCUT2D eigenvalue weighted by atomic mass is 16.4. The van der Waals surface area contributed by atoms with Crippen molar-refractivity contribution in [3.8, 4) is 0 Å². The van der Waals surface area contributed by atoms with Crippen LogP contribution in [0.15, 0.2) is 10.5 Å². The Bertz CT molecular complexity index is 622. The number of carbonyl (C=O) groups is 3. The third-order valence-electron chi connectivity index (χ3n) is 4.30. The van der Waals surface area contributed by atoms with Crippen LogP contribution in [0.25, 0.3) is 0 Å². The number of hydrogen-bond donors (Lipinski definition) is 2. The number of nitrogens with zero attached hydrogens (tertiary/aromatic N) is 1. The summed E-state index contributed by atoms with van der Waals surface area (Å²) in [5.74, 6) is -1.29. The van der Waals surface area contributed by atoms with Crippen molar-refractivity contribution in [1.82, 2.24) is 10.2 Å². The van der Waals surface area contributed by atoms with Crippen LogP contribution in [0.4, 0.5) is 0 Å². The summed E-state index contributed by atoms with van der Waals surface area (Å²) < 4.78 is 5.54. The Morgan fingerprint density at radius 3 is 2.61 bits per heavy atom. The molecule has 1 aliphatic heterocycles. The third-order valence-corrected chi connectivity index (χ3v) is 4.30. The fourth-order valence-corrected chi connectivity index (χ4v) is 2.99. The molecule has 1 fully saturated rings. The van der Waals surface area contributed by atoms with E-state index < -0.39 is 23.8 Å². The molecule has 1 aliphatic rings. The van der Waals surface area contributed by atoms with Gasteiger partial charge in [-0.25, -0.2) is 4.79 Å². The number of likely N-dealkylation sites (tertiary alicyclic amines) is 1. The van der Waals surface area contributed by atoms with E-state index in [1.165, 1.54) is 11.9 Å². The van der Waals surface area contributed by atoms with Gasteiger partial charge in [0.25, 0.3) is 5.91 Å². The number of piperidine rings is 1. The van der Waals surface area contributed by atoms with E-state index in [9.17, 15) is 19.5 Å². The number of aryl methyl sites for hydroxylation is 2. The molecule has 2 N–H and O–H groups in total. The molecule has 0 aromatic carbocycles. The lowest BCUT2D eigenvalue weighted by Gasteiger charge is -2.36. The zero-order chi connectivity index (χ0) is 17.1. The Hall–Kier alpha value is -2.31. The number of carboxylic acids is 1. The van der Waals surface area contributed by atoms with Crippen molar-refractivity contribution in [2.45, 2.75) is 39.2 Å². The molecule has 0 unspecified atom stereocenters. The predicted octanol–water partition coefficient (Wildman–Crippen LogP) is 1.20. The second-order valence-corrected chi connectivity index (χ2v) is 5.77.